The highest BCUT2D eigenvalue weighted by Crippen LogP contribution is 2.31. The number of hydrogen-bond acceptors (Lipinski definition) is 4. The third-order valence-electron chi connectivity index (χ3n) is 3.09. The first-order valence-electron chi connectivity index (χ1n) is 5.97. The number of nitrogens with two attached hydrogens (primary N) is 1. The number of nitrogens with one attached hydrogen (secondary N) is 1. The number of hydrogen-bond donors (Lipinski definition) is 2. The number of carbonyl (C=O) groups is 3. The molecule has 1 atom stereocenters. The minimum atomic E-state index is -0.407. The van der Waals surface area contributed by atoms with E-state index in [9.17, 15) is 14.4 Å². The third-order valence-corrected chi connectivity index (χ3v) is 3.09. The molecule has 2 fully saturated rings. The first-order chi connectivity index (χ1) is 8.09. The number of primary amides is 1. The summed E-state index contributed by atoms with van der Waals surface area (Å²) in [5, 5.41) is 3.01. The molecule has 1 heterocycles. The molecule has 3 amide bonds. The molecule has 0 aromatic carbocycles. The zero-order valence-corrected chi connectivity index (χ0v) is 9.65. The monoisotopic (exact) mass is 239 g/mol. The van der Waals surface area contributed by atoms with Crippen molar-refractivity contribution in [3.05, 3.63) is 0 Å². The van der Waals surface area contributed by atoms with E-state index >= 15 is 0 Å². The standard InChI is InChI=1S/C11H17N3O3/c12-9(15)2-1-5-13-8-6-10(16)14(11(8)17)7-3-4-7/h7-8,13H,1-6H2,(H2,12,15). The molecule has 94 valence electrons. The summed E-state index contributed by atoms with van der Waals surface area (Å²) in [7, 11) is 0. The van der Waals surface area contributed by atoms with Gasteiger partial charge in [-0.1, -0.05) is 0 Å². The van der Waals surface area contributed by atoms with Crippen LogP contribution in [0.1, 0.15) is 32.1 Å². The predicted octanol–water partition coefficient (Wildman–Crippen LogP) is -0.869. The molecule has 1 aliphatic heterocycles. The van der Waals surface area contributed by atoms with Gasteiger partial charge in [-0.05, 0) is 25.8 Å². The average Bonchev–Trinajstić information content (AvgIpc) is 3.02. The summed E-state index contributed by atoms with van der Waals surface area (Å²) in [6.07, 6.45) is 3.01. The number of amides is 3. The molecular formula is C11H17N3O3. The maximum atomic E-state index is 11.9. The molecule has 6 heteroatoms. The molecule has 1 saturated heterocycles. The van der Waals surface area contributed by atoms with Gasteiger partial charge in [-0.15, -0.1) is 0 Å². The number of imide groups is 1. The summed E-state index contributed by atoms with van der Waals surface area (Å²) < 4.78 is 0. The normalized spacial score (nSPS) is 24.5. The van der Waals surface area contributed by atoms with Gasteiger partial charge in [0.1, 0.15) is 0 Å². The Bertz CT molecular complexity index is 352. The van der Waals surface area contributed by atoms with Crippen molar-refractivity contribution in [2.75, 3.05) is 6.54 Å². The number of likely N-dealkylation sites (tertiary alicyclic amines) is 1. The van der Waals surface area contributed by atoms with Crippen LogP contribution in [-0.4, -0.2) is 41.2 Å². The van der Waals surface area contributed by atoms with Crippen LogP contribution in [0.5, 0.6) is 0 Å². The van der Waals surface area contributed by atoms with Gasteiger partial charge in [-0.3, -0.25) is 19.3 Å². The van der Waals surface area contributed by atoms with E-state index < -0.39 is 6.04 Å². The SMILES string of the molecule is NC(=O)CCCNC1CC(=O)N(C2CC2)C1=O. The van der Waals surface area contributed by atoms with E-state index in [1.165, 1.54) is 4.90 Å². The van der Waals surface area contributed by atoms with Crippen LogP contribution in [0.4, 0.5) is 0 Å². The van der Waals surface area contributed by atoms with Crippen LogP contribution in [0.15, 0.2) is 0 Å². The molecule has 2 aliphatic rings. The van der Waals surface area contributed by atoms with Crippen molar-refractivity contribution in [1.29, 1.82) is 0 Å². The maximum Gasteiger partial charge on any atom is 0.247 e. The topological polar surface area (TPSA) is 92.5 Å². The van der Waals surface area contributed by atoms with Crippen molar-refractivity contribution in [3.8, 4) is 0 Å². The third kappa shape index (κ3) is 2.82. The van der Waals surface area contributed by atoms with E-state index in [-0.39, 0.29) is 30.2 Å². The molecule has 3 N–H and O–H groups in total. The average molecular weight is 239 g/mol. The molecule has 17 heavy (non-hydrogen) atoms. The number of carbonyl (C=O) groups excluding carboxylic acids is 3. The van der Waals surface area contributed by atoms with Gasteiger partial charge >= 0.3 is 0 Å². The summed E-state index contributed by atoms with van der Waals surface area (Å²) in [5.74, 6) is -0.540. The Morgan fingerprint density at radius 1 is 1.41 bits per heavy atom. The fraction of sp³-hybridized carbons (Fsp3) is 0.727. The fourth-order valence-corrected chi connectivity index (χ4v) is 2.07. The van der Waals surface area contributed by atoms with Crippen LogP contribution >= 0.6 is 0 Å². The Labute approximate surface area is 99.5 Å². The lowest BCUT2D eigenvalue weighted by atomic mass is 10.2. The Morgan fingerprint density at radius 3 is 2.71 bits per heavy atom. The summed E-state index contributed by atoms with van der Waals surface area (Å²) >= 11 is 0. The number of rotatable bonds is 6. The summed E-state index contributed by atoms with van der Waals surface area (Å²) in [6, 6.07) is -0.261. The van der Waals surface area contributed by atoms with Crippen molar-refractivity contribution in [1.82, 2.24) is 10.2 Å². The van der Waals surface area contributed by atoms with Crippen LogP contribution in [0.3, 0.4) is 0 Å². The van der Waals surface area contributed by atoms with Crippen LogP contribution in [0.2, 0.25) is 0 Å². The van der Waals surface area contributed by atoms with Crippen molar-refractivity contribution in [2.24, 2.45) is 5.73 Å². The van der Waals surface area contributed by atoms with Gasteiger partial charge in [0, 0.05) is 12.5 Å². The first kappa shape index (κ1) is 12.0. The van der Waals surface area contributed by atoms with Crippen molar-refractivity contribution < 1.29 is 14.4 Å². The van der Waals surface area contributed by atoms with Crippen molar-refractivity contribution in [3.63, 3.8) is 0 Å². The quantitative estimate of drug-likeness (QED) is 0.465. The molecule has 1 saturated carbocycles. The highest BCUT2D eigenvalue weighted by atomic mass is 16.2. The Hall–Kier alpha value is -1.43. The molecular weight excluding hydrogens is 222 g/mol. The lowest BCUT2D eigenvalue weighted by Gasteiger charge is -2.14. The minimum absolute atomic E-state index is 0.0788. The molecule has 1 unspecified atom stereocenters. The molecule has 6 nitrogen and oxygen atoms in total. The minimum Gasteiger partial charge on any atom is -0.370 e. The van der Waals surface area contributed by atoms with Gasteiger partial charge < -0.3 is 11.1 Å². The highest BCUT2D eigenvalue weighted by molar-refractivity contribution is 6.06. The van der Waals surface area contributed by atoms with Gasteiger partial charge in [0.15, 0.2) is 0 Å². The van der Waals surface area contributed by atoms with E-state index in [0.717, 1.165) is 12.8 Å². The van der Waals surface area contributed by atoms with Crippen LogP contribution in [-0.2, 0) is 14.4 Å². The second-order valence-corrected chi connectivity index (χ2v) is 4.61. The van der Waals surface area contributed by atoms with Gasteiger partial charge in [0.2, 0.25) is 17.7 Å². The summed E-state index contributed by atoms with van der Waals surface area (Å²) in [4.78, 5) is 35.4. The van der Waals surface area contributed by atoms with Crippen LogP contribution < -0.4 is 11.1 Å². The Balaban J connectivity index is 1.76. The summed E-state index contributed by atoms with van der Waals surface area (Å²) in [5.41, 5.74) is 5.01. The van der Waals surface area contributed by atoms with Gasteiger partial charge in [0.25, 0.3) is 0 Å². The fourth-order valence-electron chi connectivity index (χ4n) is 2.07. The molecule has 0 bridgehead atoms. The maximum absolute atomic E-state index is 11.9. The Kier molecular flexibility index (Phi) is 3.42. The zero-order valence-electron chi connectivity index (χ0n) is 9.65. The number of nitrogens with zero attached hydrogens (tertiary/aromatic N) is 1. The van der Waals surface area contributed by atoms with Crippen molar-refractivity contribution >= 4 is 17.7 Å². The first-order valence-corrected chi connectivity index (χ1v) is 5.97. The molecule has 1 aliphatic carbocycles. The molecule has 2 rings (SSSR count). The summed E-state index contributed by atoms with van der Waals surface area (Å²) in [6.45, 7) is 0.533. The van der Waals surface area contributed by atoms with E-state index in [2.05, 4.69) is 5.32 Å². The van der Waals surface area contributed by atoms with E-state index in [0.29, 0.717) is 19.4 Å². The second-order valence-electron chi connectivity index (χ2n) is 4.61. The predicted molar refractivity (Wildman–Crippen MR) is 59.7 cm³/mol. The lowest BCUT2D eigenvalue weighted by Crippen LogP contribution is -2.40. The van der Waals surface area contributed by atoms with E-state index in [1.807, 2.05) is 0 Å². The Morgan fingerprint density at radius 2 is 2.12 bits per heavy atom. The largest absolute Gasteiger partial charge is 0.370 e. The molecule has 0 spiro atoms. The molecule has 0 aromatic rings. The lowest BCUT2D eigenvalue weighted by molar-refractivity contribution is -0.139. The second kappa shape index (κ2) is 4.83. The van der Waals surface area contributed by atoms with Gasteiger partial charge in [-0.25, -0.2) is 0 Å². The van der Waals surface area contributed by atoms with E-state index in [1.54, 1.807) is 0 Å². The molecule has 0 aromatic heterocycles. The smallest absolute Gasteiger partial charge is 0.247 e. The molecule has 0 radical (unpaired) electrons. The highest BCUT2D eigenvalue weighted by Gasteiger charge is 2.45. The van der Waals surface area contributed by atoms with E-state index in [4.69, 9.17) is 5.73 Å². The van der Waals surface area contributed by atoms with Crippen LogP contribution in [0, 0.1) is 0 Å². The van der Waals surface area contributed by atoms with Crippen molar-refractivity contribution in [2.45, 2.75) is 44.2 Å². The zero-order chi connectivity index (χ0) is 12.4. The van der Waals surface area contributed by atoms with Crippen LogP contribution in [0.25, 0.3) is 0 Å². The van der Waals surface area contributed by atoms with Gasteiger partial charge in [-0.2, -0.15) is 0 Å². The van der Waals surface area contributed by atoms with Gasteiger partial charge in [0.05, 0.1) is 12.5 Å².